The van der Waals surface area contributed by atoms with E-state index in [-0.39, 0.29) is 34.4 Å². The van der Waals surface area contributed by atoms with Crippen molar-refractivity contribution in [3.8, 4) is 11.5 Å². The fourth-order valence-electron chi connectivity index (χ4n) is 2.92. The van der Waals surface area contributed by atoms with Gasteiger partial charge in [0.25, 0.3) is 11.1 Å². The number of halogens is 1. The largest absolute Gasteiger partial charge is 0.411 e. The van der Waals surface area contributed by atoms with E-state index in [0.717, 1.165) is 31.0 Å². The molecule has 5 nitrogen and oxygen atoms in total. The predicted octanol–water partition coefficient (Wildman–Crippen LogP) is 3.66. The second-order valence-electron chi connectivity index (χ2n) is 6.08. The zero-order valence-electron chi connectivity index (χ0n) is 13.5. The van der Waals surface area contributed by atoms with Crippen molar-refractivity contribution in [3.05, 3.63) is 30.1 Å². The number of rotatable bonds is 5. The summed E-state index contributed by atoms with van der Waals surface area (Å²) in [5, 5.41) is 11.1. The van der Waals surface area contributed by atoms with Gasteiger partial charge in [0.1, 0.15) is 5.82 Å². The Bertz CT molecular complexity index is 707. The molecule has 3 rings (SSSR count). The topological polar surface area (TPSA) is 68.0 Å². The summed E-state index contributed by atoms with van der Waals surface area (Å²) >= 11 is 1.16. The first kappa shape index (κ1) is 17.0. The van der Waals surface area contributed by atoms with Crippen LogP contribution in [-0.2, 0) is 4.79 Å². The lowest BCUT2D eigenvalue weighted by atomic mass is 9.86. The summed E-state index contributed by atoms with van der Waals surface area (Å²) in [4.78, 5) is 12.1. The van der Waals surface area contributed by atoms with Crippen LogP contribution in [0.1, 0.15) is 32.6 Å². The molecule has 1 heterocycles. The lowest BCUT2D eigenvalue weighted by molar-refractivity contribution is -0.119. The number of thioether (sulfide) groups is 1. The van der Waals surface area contributed by atoms with Gasteiger partial charge in [0, 0.05) is 6.04 Å². The zero-order chi connectivity index (χ0) is 16.9. The summed E-state index contributed by atoms with van der Waals surface area (Å²) in [5.74, 6) is 0.397. The predicted molar refractivity (Wildman–Crippen MR) is 90.0 cm³/mol. The molecule has 1 N–H and O–H groups in total. The van der Waals surface area contributed by atoms with Crippen molar-refractivity contribution in [2.45, 2.75) is 43.9 Å². The number of hydrogen-bond donors (Lipinski definition) is 1. The Morgan fingerprint density at radius 3 is 2.92 bits per heavy atom. The summed E-state index contributed by atoms with van der Waals surface area (Å²) < 4.78 is 19.1. The molecule has 0 unspecified atom stereocenters. The first-order valence-corrected chi connectivity index (χ1v) is 9.12. The third kappa shape index (κ3) is 4.14. The van der Waals surface area contributed by atoms with Crippen LogP contribution in [0.4, 0.5) is 4.39 Å². The van der Waals surface area contributed by atoms with Crippen LogP contribution in [0, 0.1) is 11.7 Å². The molecule has 1 aliphatic rings. The van der Waals surface area contributed by atoms with Gasteiger partial charge in [0.2, 0.25) is 5.91 Å². The van der Waals surface area contributed by atoms with Crippen LogP contribution in [-0.4, -0.2) is 27.9 Å². The second kappa shape index (κ2) is 7.79. The molecule has 0 saturated heterocycles. The van der Waals surface area contributed by atoms with Crippen molar-refractivity contribution in [1.82, 2.24) is 15.5 Å². The van der Waals surface area contributed by atoms with Gasteiger partial charge in [0.05, 0.1) is 11.3 Å². The Morgan fingerprint density at radius 1 is 1.33 bits per heavy atom. The third-order valence-electron chi connectivity index (χ3n) is 4.30. The SMILES string of the molecule is C[C@H]1CCCC[C@@H]1NC(=O)CSc1nnc(-c2ccccc2F)o1. The van der Waals surface area contributed by atoms with Gasteiger partial charge in [0.15, 0.2) is 0 Å². The molecule has 1 aromatic carbocycles. The highest BCUT2D eigenvalue weighted by atomic mass is 32.2. The number of carbonyl (C=O) groups excluding carboxylic acids is 1. The molecule has 2 aromatic rings. The van der Waals surface area contributed by atoms with Gasteiger partial charge >= 0.3 is 0 Å². The van der Waals surface area contributed by atoms with Crippen molar-refractivity contribution in [1.29, 1.82) is 0 Å². The first-order chi connectivity index (χ1) is 11.6. The van der Waals surface area contributed by atoms with E-state index in [4.69, 9.17) is 4.42 Å². The molecule has 0 radical (unpaired) electrons. The maximum absolute atomic E-state index is 13.7. The number of carbonyl (C=O) groups is 1. The highest BCUT2D eigenvalue weighted by molar-refractivity contribution is 7.99. The summed E-state index contributed by atoms with van der Waals surface area (Å²) in [6.07, 6.45) is 4.60. The van der Waals surface area contributed by atoms with Crippen LogP contribution >= 0.6 is 11.8 Å². The lowest BCUT2D eigenvalue weighted by Crippen LogP contribution is -2.41. The molecule has 24 heavy (non-hydrogen) atoms. The zero-order valence-corrected chi connectivity index (χ0v) is 14.3. The Labute approximate surface area is 144 Å². The van der Waals surface area contributed by atoms with Crippen molar-refractivity contribution in [2.75, 3.05) is 5.75 Å². The average molecular weight is 349 g/mol. The standard InChI is InChI=1S/C17H20FN3O2S/c1-11-6-2-5-9-14(11)19-15(22)10-24-17-21-20-16(23-17)12-7-3-4-8-13(12)18/h3-4,7-8,11,14H,2,5-6,9-10H2,1H3,(H,19,22)/t11-,14-/m0/s1. The molecule has 1 aromatic heterocycles. The monoisotopic (exact) mass is 349 g/mol. The molecule has 0 spiro atoms. The summed E-state index contributed by atoms with van der Waals surface area (Å²) in [7, 11) is 0. The minimum Gasteiger partial charge on any atom is -0.411 e. The molecular weight excluding hydrogens is 329 g/mol. The van der Waals surface area contributed by atoms with E-state index in [1.807, 2.05) is 0 Å². The van der Waals surface area contributed by atoms with Gasteiger partial charge in [-0.3, -0.25) is 4.79 Å². The molecule has 1 amide bonds. The Morgan fingerprint density at radius 2 is 2.12 bits per heavy atom. The van der Waals surface area contributed by atoms with Gasteiger partial charge in [-0.1, -0.05) is 43.7 Å². The van der Waals surface area contributed by atoms with Crippen molar-refractivity contribution >= 4 is 17.7 Å². The molecular formula is C17H20FN3O2S. The molecule has 7 heteroatoms. The van der Waals surface area contributed by atoms with Gasteiger partial charge in [-0.2, -0.15) is 0 Å². The molecule has 1 saturated carbocycles. The average Bonchev–Trinajstić information content (AvgIpc) is 3.04. The van der Waals surface area contributed by atoms with Gasteiger partial charge < -0.3 is 9.73 Å². The van der Waals surface area contributed by atoms with E-state index < -0.39 is 5.82 Å². The Kier molecular flexibility index (Phi) is 5.50. The van der Waals surface area contributed by atoms with E-state index in [2.05, 4.69) is 22.4 Å². The van der Waals surface area contributed by atoms with Gasteiger partial charge in [-0.05, 0) is 30.9 Å². The molecule has 1 fully saturated rings. The molecule has 0 aliphatic heterocycles. The maximum atomic E-state index is 13.7. The summed E-state index contributed by atoms with van der Waals surface area (Å²) in [6.45, 7) is 2.18. The third-order valence-corrected chi connectivity index (χ3v) is 5.11. The normalized spacial score (nSPS) is 20.8. The molecule has 0 bridgehead atoms. The van der Waals surface area contributed by atoms with E-state index in [0.29, 0.717) is 5.92 Å². The fraction of sp³-hybridized carbons (Fsp3) is 0.471. The lowest BCUT2D eigenvalue weighted by Gasteiger charge is -2.29. The smallest absolute Gasteiger partial charge is 0.277 e. The molecule has 2 atom stereocenters. The van der Waals surface area contributed by atoms with E-state index >= 15 is 0 Å². The number of nitrogens with one attached hydrogen (secondary N) is 1. The summed E-state index contributed by atoms with van der Waals surface area (Å²) in [5.41, 5.74) is 0.261. The van der Waals surface area contributed by atoms with Crippen molar-refractivity contribution in [3.63, 3.8) is 0 Å². The van der Waals surface area contributed by atoms with Crippen LogP contribution in [0.3, 0.4) is 0 Å². The number of aromatic nitrogens is 2. The van der Waals surface area contributed by atoms with Crippen LogP contribution in [0.15, 0.2) is 33.9 Å². The van der Waals surface area contributed by atoms with Crippen molar-refractivity contribution in [2.24, 2.45) is 5.92 Å². The number of hydrogen-bond acceptors (Lipinski definition) is 5. The summed E-state index contributed by atoms with van der Waals surface area (Å²) in [6, 6.07) is 6.47. The first-order valence-electron chi connectivity index (χ1n) is 8.14. The Hall–Kier alpha value is -1.89. The number of amides is 1. The quantitative estimate of drug-likeness (QED) is 0.834. The molecule has 128 valence electrons. The van der Waals surface area contributed by atoms with Gasteiger partial charge in [-0.15, -0.1) is 10.2 Å². The van der Waals surface area contributed by atoms with E-state index in [1.54, 1.807) is 18.2 Å². The number of benzene rings is 1. The minimum absolute atomic E-state index is 0.0376. The number of nitrogens with zero attached hydrogens (tertiary/aromatic N) is 2. The maximum Gasteiger partial charge on any atom is 0.277 e. The minimum atomic E-state index is -0.415. The molecule has 1 aliphatic carbocycles. The van der Waals surface area contributed by atoms with Crippen LogP contribution < -0.4 is 5.32 Å². The van der Waals surface area contributed by atoms with Crippen LogP contribution in [0.5, 0.6) is 0 Å². The van der Waals surface area contributed by atoms with Crippen molar-refractivity contribution < 1.29 is 13.6 Å². The van der Waals surface area contributed by atoms with Crippen LogP contribution in [0.2, 0.25) is 0 Å². The highest BCUT2D eigenvalue weighted by Crippen LogP contribution is 2.26. The van der Waals surface area contributed by atoms with Gasteiger partial charge in [-0.25, -0.2) is 4.39 Å². The Balaban J connectivity index is 1.54. The van der Waals surface area contributed by atoms with Crippen LogP contribution in [0.25, 0.3) is 11.5 Å². The van der Waals surface area contributed by atoms with E-state index in [9.17, 15) is 9.18 Å². The van der Waals surface area contributed by atoms with E-state index in [1.165, 1.54) is 12.5 Å². The highest BCUT2D eigenvalue weighted by Gasteiger charge is 2.23. The fourth-order valence-corrected chi connectivity index (χ4v) is 3.49. The second-order valence-corrected chi connectivity index (χ2v) is 7.00.